The van der Waals surface area contributed by atoms with Crippen molar-refractivity contribution in [3.05, 3.63) is 28.3 Å². The normalized spacial score (nSPS) is 15.1. The zero-order valence-electron chi connectivity index (χ0n) is 22.7. The first kappa shape index (κ1) is 31.0. The number of aryl methyl sites for hydroxylation is 2. The summed E-state index contributed by atoms with van der Waals surface area (Å²) in [6.45, 7) is 12.5. The van der Waals surface area contributed by atoms with E-state index in [1.165, 1.54) is 51.5 Å². The molecular formula is C29H48O6. The summed E-state index contributed by atoms with van der Waals surface area (Å²) >= 11 is 0. The molecule has 6 heteroatoms. The van der Waals surface area contributed by atoms with Gasteiger partial charge in [0.2, 0.25) is 0 Å². The Bertz CT molecular complexity index is 827. The van der Waals surface area contributed by atoms with E-state index in [1.807, 2.05) is 0 Å². The molecule has 0 amide bonds. The van der Waals surface area contributed by atoms with Gasteiger partial charge in [-0.15, -0.1) is 0 Å². The van der Waals surface area contributed by atoms with Gasteiger partial charge < -0.3 is 20.4 Å². The van der Waals surface area contributed by atoms with Crippen LogP contribution in [0.25, 0.3) is 0 Å². The molecule has 6 nitrogen and oxygen atoms in total. The lowest BCUT2D eigenvalue weighted by Gasteiger charge is -2.25. The quantitative estimate of drug-likeness (QED) is 0.182. The highest BCUT2D eigenvalue weighted by Gasteiger charge is 2.27. The highest BCUT2D eigenvalue weighted by molar-refractivity contribution is 6.00. The Kier molecular flexibility index (Phi) is 12.8. The molecule has 0 aliphatic heterocycles. The molecule has 0 heterocycles. The topological polar surface area (TPSA) is 115 Å². The number of rotatable bonds is 17. The summed E-state index contributed by atoms with van der Waals surface area (Å²) in [5.41, 5.74) is -1.10. The fourth-order valence-electron chi connectivity index (χ4n) is 4.91. The second kappa shape index (κ2) is 14.5. The number of phenols is 1. The molecule has 0 aliphatic carbocycles. The average Bonchev–Trinajstić information content (AvgIpc) is 2.71. The minimum absolute atomic E-state index is 0.243. The maximum atomic E-state index is 11.7. The van der Waals surface area contributed by atoms with E-state index in [-0.39, 0.29) is 6.42 Å². The molecule has 1 aromatic rings. The summed E-state index contributed by atoms with van der Waals surface area (Å²) < 4.78 is 0. The number of hydrogen-bond donors (Lipinski definition) is 4. The van der Waals surface area contributed by atoms with Gasteiger partial charge in [-0.1, -0.05) is 85.1 Å². The Morgan fingerprint density at radius 2 is 1.31 bits per heavy atom. The molecule has 4 N–H and O–H groups in total. The molecular weight excluding hydrogens is 444 g/mol. The van der Waals surface area contributed by atoms with Gasteiger partial charge in [0, 0.05) is 0 Å². The van der Waals surface area contributed by atoms with E-state index in [2.05, 4.69) is 27.7 Å². The molecule has 3 atom stereocenters. The van der Waals surface area contributed by atoms with Crippen LogP contribution in [-0.2, 0) is 6.42 Å². The van der Waals surface area contributed by atoms with Gasteiger partial charge in [0.25, 0.3) is 0 Å². The van der Waals surface area contributed by atoms with Crippen LogP contribution in [0.1, 0.15) is 131 Å². The Morgan fingerprint density at radius 3 is 1.80 bits per heavy atom. The first-order valence-corrected chi connectivity index (χ1v) is 13.3. The minimum atomic E-state index is -1.37. The molecule has 1 aromatic carbocycles. The number of carboxylic acids is 2. The lowest BCUT2D eigenvalue weighted by molar-refractivity contribution is 0.0383. The van der Waals surface area contributed by atoms with E-state index in [9.17, 15) is 30.0 Å². The van der Waals surface area contributed by atoms with Gasteiger partial charge in [0.1, 0.15) is 16.9 Å². The van der Waals surface area contributed by atoms with Crippen LogP contribution in [0.3, 0.4) is 0 Å². The molecule has 1 rings (SSSR count). The first-order valence-electron chi connectivity index (χ1n) is 13.3. The van der Waals surface area contributed by atoms with Crippen LogP contribution < -0.4 is 0 Å². The summed E-state index contributed by atoms with van der Waals surface area (Å²) in [5, 5.41) is 39.9. The Balaban J connectivity index is 2.51. The fourth-order valence-corrected chi connectivity index (χ4v) is 4.91. The predicted octanol–water partition coefficient (Wildman–Crippen LogP) is 7.22. The summed E-state index contributed by atoms with van der Waals surface area (Å²) in [6, 6.07) is 1.49. The van der Waals surface area contributed by atoms with Gasteiger partial charge in [0.15, 0.2) is 0 Å². The number of aliphatic hydroxyl groups is 1. The van der Waals surface area contributed by atoms with Gasteiger partial charge >= 0.3 is 11.9 Å². The standard InChI is InChI=1S/C29H48O6/c1-19(2)10-7-11-20(3)12-8-13-21(4)14-9-16-29(6,35)17-15-23-18-22(5)24(27(31)32)26(30)25(23)28(33)34/h18-21,30,35H,7-17H2,1-6H3,(H,31,32)(H,33,34). The van der Waals surface area contributed by atoms with Crippen LogP contribution in [-0.4, -0.2) is 38.0 Å². The molecule has 0 radical (unpaired) electrons. The SMILES string of the molecule is Cc1cc(CCC(C)(O)CCCC(C)CCCC(C)CCCC(C)C)c(C(=O)O)c(O)c1C(=O)O. The molecule has 0 saturated heterocycles. The van der Waals surface area contributed by atoms with Crippen molar-refractivity contribution in [1.29, 1.82) is 0 Å². The first-order chi connectivity index (χ1) is 16.2. The van der Waals surface area contributed by atoms with Crippen molar-refractivity contribution in [3.8, 4) is 5.75 Å². The van der Waals surface area contributed by atoms with Crippen molar-refractivity contribution in [2.75, 3.05) is 0 Å². The van der Waals surface area contributed by atoms with E-state index in [1.54, 1.807) is 6.92 Å². The highest BCUT2D eigenvalue weighted by atomic mass is 16.4. The third-order valence-electron chi connectivity index (χ3n) is 7.22. The van der Waals surface area contributed by atoms with E-state index < -0.39 is 34.4 Å². The smallest absolute Gasteiger partial charge is 0.339 e. The second-order valence-corrected chi connectivity index (χ2v) is 11.4. The van der Waals surface area contributed by atoms with Crippen molar-refractivity contribution in [1.82, 2.24) is 0 Å². The molecule has 3 unspecified atom stereocenters. The predicted molar refractivity (Wildman–Crippen MR) is 140 cm³/mol. The Labute approximate surface area is 211 Å². The highest BCUT2D eigenvalue weighted by Crippen LogP contribution is 2.32. The Hall–Kier alpha value is -2.08. The molecule has 200 valence electrons. The monoisotopic (exact) mass is 492 g/mol. The summed E-state index contributed by atoms with van der Waals surface area (Å²) in [6.07, 6.45) is 10.8. The van der Waals surface area contributed by atoms with Crippen LogP contribution in [0.5, 0.6) is 5.75 Å². The summed E-state index contributed by atoms with van der Waals surface area (Å²) in [5.74, 6) is -1.28. The van der Waals surface area contributed by atoms with Crippen molar-refractivity contribution in [2.24, 2.45) is 17.8 Å². The molecule has 0 aliphatic rings. The fraction of sp³-hybridized carbons (Fsp3) is 0.724. The number of aromatic hydroxyl groups is 1. The number of benzene rings is 1. The van der Waals surface area contributed by atoms with Crippen molar-refractivity contribution in [2.45, 2.75) is 118 Å². The van der Waals surface area contributed by atoms with Crippen LogP contribution in [0.4, 0.5) is 0 Å². The largest absolute Gasteiger partial charge is 0.506 e. The van der Waals surface area contributed by atoms with Crippen molar-refractivity contribution in [3.63, 3.8) is 0 Å². The van der Waals surface area contributed by atoms with Crippen LogP contribution in [0.2, 0.25) is 0 Å². The van der Waals surface area contributed by atoms with Gasteiger partial charge in [-0.2, -0.15) is 0 Å². The van der Waals surface area contributed by atoms with Gasteiger partial charge in [0.05, 0.1) is 5.60 Å². The van der Waals surface area contributed by atoms with Crippen molar-refractivity contribution >= 4 is 11.9 Å². The Morgan fingerprint density at radius 1 is 0.829 bits per heavy atom. The molecule has 0 saturated carbocycles. The summed E-state index contributed by atoms with van der Waals surface area (Å²) in [7, 11) is 0. The van der Waals surface area contributed by atoms with Crippen molar-refractivity contribution < 1.29 is 30.0 Å². The maximum absolute atomic E-state index is 11.7. The van der Waals surface area contributed by atoms with E-state index in [0.717, 1.165) is 24.7 Å². The zero-order valence-corrected chi connectivity index (χ0v) is 22.7. The molecule has 0 spiro atoms. The van der Waals surface area contributed by atoms with E-state index in [4.69, 9.17) is 0 Å². The number of carboxylic acid groups (broad SMARTS) is 2. The number of carbonyl (C=O) groups is 2. The number of hydrogen-bond acceptors (Lipinski definition) is 4. The van der Waals surface area contributed by atoms with Gasteiger partial charge in [-0.25, -0.2) is 9.59 Å². The van der Waals surface area contributed by atoms with Gasteiger partial charge in [-0.3, -0.25) is 0 Å². The maximum Gasteiger partial charge on any atom is 0.339 e. The third kappa shape index (κ3) is 11.0. The average molecular weight is 493 g/mol. The van der Waals surface area contributed by atoms with E-state index >= 15 is 0 Å². The molecule has 0 fully saturated rings. The van der Waals surface area contributed by atoms with Crippen LogP contribution in [0.15, 0.2) is 6.07 Å². The van der Waals surface area contributed by atoms with E-state index in [0.29, 0.717) is 29.9 Å². The van der Waals surface area contributed by atoms with Crippen LogP contribution >= 0.6 is 0 Å². The molecule has 0 aromatic heterocycles. The zero-order chi connectivity index (χ0) is 26.8. The van der Waals surface area contributed by atoms with Gasteiger partial charge in [-0.05, 0) is 62.0 Å². The lowest BCUT2D eigenvalue weighted by atomic mass is 9.86. The molecule has 0 bridgehead atoms. The molecule has 35 heavy (non-hydrogen) atoms. The summed E-state index contributed by atoms with van der Waals surface area (Å²) in [4.78, 5) is 23.1. The third-order valence-corrected chi connectivity index (χ3v) is 7.22. The second-order valence-electron chi connectivity index (χ2n) is 11.4. The lowest BCUT2D eigenvalue weighted by Crippen LogP contribution is -2.25. The number of aromatic carboxylic acids is 2. The van der Waals surface area contributed by atoms with Crippen LogP contribution in [0, 0.1) is 24.7 Å². The minimum Gasteiger partial charge on any atom is -0.506 e.